The first-order valence-electron chi connectivity index (χ1n) is 9.57. The molecule has 30 heavy (non-hydrogen) atoms. The molecular weight excluding hydrogens is 431 g/mol. The minimum absolute atomic E-state index is 0.254. The third kappa shape index (κ3) is 4.63. The van der Waals surface area contributed by atoms with E-state index in [1.54, 1.807) is 19.1 Å². The van der Waals surface area contributed by atoms with E-state index in [0.717, 1.165) is 35.2 Å². The van der Waals surface area contributed by atoms with Gasteiger partial charge >= 0.3 is 11.9 Å². The van der Waals surface area contributed by atoms with Crippen LogP contribution in [0.5, 0.6) is 0 Å². The van der Waals surface area contributed by atoms with E-state index in [9.17, 15) is 9.59 Å². The van der Waals surface area contributed by atoms with Crippen molar-refractivity contribution in [1.82, 2.24) is 4.57 Å². The molecule has 7 nitrogen and oxygen atoms in total. The maximum atomic E-state index is 12.8. The number of hydrogen-bond donors (Lipinski definition) is 1. The third-order valence-corrected chi connectivity index (χ3v) is 5.63. The Labute approximate surface area is 184 Å². The lowest BCUT2D eigenvalue weighted by molar-refractivity contribution is -0.142. The number of rotatable bonds is 7. The fraction of sp³-hybridized carbons (Fsp3) is 0.381. The fourth-order valence-corrected chi connectivity index (χ4v) is 4.03. The number of ether oxygens (including phenoxy) is 1. The van der Waals surface area contributed by atoms with Gasteiger partial charge in [-0.05, 0) is 56.4 Å². The third-order valence-electron chi connectivity index (χ3n) is 4.89. The summed E-state index contributed by atoms with van der Waals surface area (Å²) in [6.45, 7) is 3.74. The summed E-state index contributed by atoms with van der Waals surface area (Å²) in [6.07, 6.45) is 2.18. The number of carbonyl (C=O) groups excluding carboxylic acids is 1. The zero-order valence-corrected chi connectivity index (χ0v) is 18.2. The van der Waals surface area contributed by atoms with Gasteiger partial charge in [0.05, 0.1) is 22.4 Å². The summed E-state index contributed by atoms with van der Waals surface area (Å²) < 4.78 is 7.22. The lowest BCUT2D eigenvalue weighted by Gasteiger charge is -2.18. The highest BCUT2D eigenvalue weighted by atomic mass is 35.5. The molecule has 160 valence electrons. The van der Waals surface area contributed by atoms with E-state index < -0.39 is 18.5 Å². The minimum Gasteiger partial charge on any atom is -0.479 e. The van der Waals surface area contributed by atoms with Crippen LogP contribution in [-0.4, -0.2) is 40.5 Å². The van der Waals surface area contributed by atoms with E-state index in [-0.39, 0.29) is 6.61 Å². The molecule has 0 unspecified atom stereocenters. The van der Waals surface area contributed by atoms with Crippen LogP contribution in [0.1, 0.15) is 52.6 Å². The summed E-state index contributed by atoms with van der Waals surface area (Å²) in [7, 11) is 0. The van der Waals surface area contributed by atoms with Crippen LogP contribution in [0, 0.1) is 6.92 Å². The number of aromatic nitrogens is 1. The molecule has 0 aliphatic heterocycles. The summed E-state index contributed by atoms with van der Waals surface area (Å²) >= 11 is 12.2. The van der Waals surface area contributed by atoms with Crippen molar-refractivity contribution in [3.05, 3.63) is 56.3 Å². The lowest BCUT2D eigenvalue weighted by atomic mass is 9.93. The topological polar surface area (TPSA) is 90.1 Å². The molecule has 0 atom stereocenters. The van der Waals surface area contributed by atoms with Crippen LogP contribution in [0.15, 0.2) is 23.4 Å². The predicted molar refractivity (Wildman–Crippen MR) is 114 cm³/mol. The van der Waals surface area contributed by atoms with Gasteiger partial charge in [0.1, 0.15) is 5.69 Å². The highest BCUT2D eigenvalue weighted by molar-refractivity contribution is 6.42. The number of esters is 1. The van der Waals surface area contributed by atoms with Gasteiger partial charge in [-0.2, -0.15) is 0 Å². The van der Waals surface area contributed by atoms with Gasteiger partial charge in [-0.15, -0.1) is 0 Å². The highest BCUT2D eigenvalue weighted by Crippen LogP contribution is 2.32. The molecule has 0 saturated heterocycles. The largest absolute Gasteiger partial charge is 0.479 e. The number of benzene rings is 1. The Bertz CT molecular complexity index is 1010. The van der Waals surface area contributed by atoms with E-state index >= 15 is 0 Å². The Morgan fingerprint density at radius 3 is 2.67 bits per heavy atom. The van der Waals surface area contributed by atoms with Crippen LogP contribution in [0.25, 0.3) is 0 Å². The molecular formula is C21H22Cl2N2O5. The van der Waals surface area contributed by atoms with Crippen molar-refractivity contribution in [2.45, 2.75) is 39.7 Å². The molecule has 1 aliphatic carbocycles. The van der Waals surface area contributed by atoms with Gasteiger partial charge in [-0.3, -0.25) is 0 Å². The van der Waals surface area contributed by atoms with Crippen molar-refractivity contribution in [2.75, 3.05) is 13.2 Å². The molecule has 1 heterocycles. The molecule has 0 saturated carbocycles. The Kier molecular flexibility index (Phi) is 7.05. The molecule has 0 spiro atoms. The molecule has 1 aromatic carbocycles. The first kappa shape index (κ1) is 22.2. The minimum atomic E-state index is -1.10. The number of carbonyl (C=O) groups is 2. The standard InChI is InChI=1S/C21H22Cl2N2O5/c1-3-29-21(28)20-12(2)19-16(24-30-11-18(26)27)5-4-6-17(19)25(20)10-13-7-8-14(22)15(23)9-13/h7-9H,3-6,10-11H2,1-2H3,(H,26,27)/b24-16-. The van der Waals surface area contributed by atoms with E-state index in [4.69, 9.17) is 37.9 Å². The Morgan fingerprint density at radius 1 is 1.23 bits per heavy atom. The number of fused-ring (bicyclic) bond motifs is 1. The van der Waals surface area contributed by atoms with Crippen molar-refractivity contribution < 1.29 is 24.3 Å². The fourth-order valence-electron chi connectivity index (χ4n) is 3.71. The van der Waals surface area contributed by atoms with Crippen molar-refractivity contribution in [2.24, 2.45) is 5.16 Å². The zero-order valence-electron chi connectivity index (χ0n) is 16.7. The van der Waals surface area contributed by atoms with Gasteiger partial charge in [0.15, 0.2) is 0 Å². The predicted octanol–water partition coefficient (Wildman–Crippen LogP) is 4.47. The molecule has 2 aromatic rings. The van der Waals surface area contributed by atoms with Gasteiger partial charge < -0.3 is 19.2 Å². The molecule has 1 aliphatic rings. The number of carboxylic acid groups (broad SMARTS) is 1. The summed E-state index contributed by atoms with van der Waals surface area (Å²) in [5.41, 5.74) is 4.45. The van der Waals surface area contributed by atoms with Gasteiger partial charge in [0.2, 0.25) is 6.61 Å². The smallest absolute Gasteiger partial charge is 0.355 e. The van der Waals surface area contributed by atoms with Crippen molar-refractivity contribution in [3.8, 4) is 0 Å². The van der Waals surface area contributed by atoms with Gasteiger partial charge in [0.25, 0.3) is 0 Å². The maximum Gasteiger partial charge on any atom is 0.355 e. The van der Waals surface area contributed by atoms with Crippen LogP contribution < -0.4 is 0 Å². The number of aliphatic carboxylic acids is 1. The van der Waals surface area contributed by atoms with E-state index in [0.29, 0.717) is 34.4 Å². The van der Waals surface area contributed by atoms with Crippen molar-refractivity contribution in [1.29, 1.82) is 0 Å². The molecule has 0 fully saturated rings. The van der Waals surface area contributed by atoms with Crippen LogP contribution in [0.3, 0.4) is 0 Å². The molecule has 0 amide bonds. The number of carboxylic acids is 1. The number of halogens is 2. The monoisotopic (exact) mass is 452 g/mol. The second-order valence-electron chi connectivity index (χ2n) is 6.91. The molecule has 1 N–H and O–H groups in total. The maximum absolute atomic E-state index is 12.8. The Hall–Kier alpha value is -2.51. The average molecular weight is 453 g/mol. The normalized spacial score (nSPS) is 14.5. The number of hydrogen-bond acceptors (Lipinski definition) is 5. The first-order valence-corrected chi connectivity index (χ1v) is 10.3. The highest BCUT2D eigenvalue weighted by Gasteiger charge is 2.30. The van der Waals surface area contributed by atoms with Crippen LogP contribution in [0.2, 0.25) is 10.0 Å². The second-order valence-corrected chi connectivity index (χ2v) is 7.72. The molecule has 1 aromatic heterocycles. The van der Waals surface area contributed by atoms with Crippen LogP contribution in [0.4, 0.5) is 0 Å². The second kappa shape index (κ2) is 9.53. The molecule has 9 heteroatoms. The number of oxime groups is 1. The van der Waals surface area contributed by atoms with E-state index in [2.05, 4.69) is 5.16 Å². The Morgan fingerprint density at radius 2 is 2.00 bits per heavy atom. The van der Waals surface area contributed by atoms with Crippen molar-refractivity contribution in [3.63, 3.8) is 0 Å². The summed E-state index contributed by atoms with van der Waals surface area (Å²) in [5, 5.41) is 13.7. The molecule has 3 rings (SSSR count). The van der Waals surface area contributed by atoms with E-state index in [1.807, 2.05) is 17.6 Å². The molecule has 0 radical (unpaired) electrons. The Balaban J connectivity index is 2.09. The SMILES string of the molecule is CCOC(=O)c1c(C)c2c(n1Cc1ccc(Cl)c(Cl)c1)CCC/C2=N/OCC(=O)O. The van der Waals surface area contributed by atoms with Gasteiger partial charge in [-0.25, -0.2) is 9.59 Å². The molecule has 0 bridgehead atoms. The quantitative estimate of drug-likeness (QED) is 0.494. The average Bonchev–Trinajstić information content (AvgIpc) is 2.97. The van der Waals surface area contributed by atoms with Crippen molar-refractivity contribution >= 4 is 40.9 Å². The number of nitrogens with zero attached hydrogens (tertiary/aromatic N) is 2. The van der Waals surface area contributed by atoms with Gasteiger partial charge in [0, 0.05) is 17.8 Å². The lowest BCUT2D eigenvalue weighted by Crippen LogP contribution is -2.18. The van der Waals surface area contributed by atoms with Crippen LogP contribution >= 0.6 is 23.2 Å². The van der Waals surface area contributed by atoms with Gasteiger partial charge in [-0.1, -0.05) is 34.4 Å². The summed E-state index contributed by atoms with van der Waals surface area (Å²) in [6, 6.07) is 5.35. The zero-order chi connectivity index (χ0) is 21.8. The summed E-state index contributed by atoms with van der Waals surface area (Å²) in [4.78, 5) is 28.5. The summed E-state index contributed by atoms with van der Waals surface area (Å²) in [5.74, 6) is -1.52. The van der Waals surface area contributed by atoms with Crippen LogP contribution in [-0.2, 0) is 27.3 Å². The first-order chi connectivity index (χ1) is 14.3. The van der Waals surface area contributed by atoms with E-state index in [1.165, 1.54) is 0 Å².